The number of hydrogen-bond acceptors (Lipinski definition) is 7. The standard InChI is InChI=1S/C15H20N4O3S/c1-8-17-13(22-18-8)10-5-9(20)6-19(10)14(21)11-12(15(2,3)4)16-7-23-11/h7,9-10,20H,5-6H2,1-4H3/t9-,10-/m1/s1. The zero-order valence-corrected chi connectivity index (χ0v) is 14.4. The van der Waals surface area contributed by atoms with Crippen molar-refractivity contribution in [2.75, 3.05) is 6.54 Å². The number of thiazole rings is 1. The van der Waals surface area contributed by atoms with Crippen molar-refractivity contribution in [2.45, 2.75) is 51.7 Å². The van der Waals surface area contributed by atoms with Crippen LogP contribution in [0.3, 0.4) is 0 Å². The van der Waals surface area contributed by atoms with E-state index in [1.807, 2.05) is 20.8 Å². The second kappa shape index (κ2) is 5.68. The molecule has 3 rings (SSSR count). The summed E-state index contributed by atoms with van der Waals surface area (Å²) >= 11 is 1.32. The van der Waals surface area contributed by atoms with Crippen molar-refractivity contribution in [3.63, 3.8) is 0 Å². The Morgan fingerprint density at radius 1 is 1.48 bits per heavy atom. The molecule has 0 aliphatic carbocycles. The van der Waals surface area contributed by atoms with Crippen LogP contribution in [-0.2, 0) is 5.41 Å². The Kier molecular flexibility index (Phi) is 3.97. The van der Waals surface area contributed by atoms with Crippen LogP contribution in [0.4, 0.5) is 0 Å². The molecule has 2 aromatic heterocycles. The normalized spacial score (nSPS) is 21.9. The first-order valence-corrected chi connectivity index (χ1v) is 8.38. The van der Waals surface area contributed by atoms with Gasteiger partial charge in [-0.25, -0.2) is 4.98 Å². The van der Waals surface area contributed by atoms with Gasteiger partial charge in [0, 0.05) is 18.4 Å². The van der Waals surface area contributed by atoms with Gasteiger partial charge >= 0.3 is 0 Å². The smallest absolute Gasteiger partial charge is 0.266 e. The molecule has 1 saturated heterocycles. The number of aromatic nitrogens is 3. The molecule has 23 heavy (non-hydrogen) atoms. The number of amides is 1. The summed E-state index contributed by atoms with van der Waals surface area (Å²) in [7, 11) is 0. The van der Waals surface area contributed by atoms with E-state index < -0.39 is 12.1 Å². The van der Waals surface area contributed by atoms with Gasteiger partial charge in [-0.15, -0.1) is 11.3 Å². The number of carbonyl (C=O) groups is 1. The number of nitrogens with zero attached hydrogens (tertiary/aromatic N) is 4. The molecule has 0 unspecified atom stereocenters. The van der Waals surface area contributed by atoms with Gasteiger partial charge in [0.15, 0.2) is 5.82 Å². The molecule has 0 bridgehead atoms. The van der Waals surface area contributed by atoms with Crippen molar-refractivity contribution >= 4 is 17.2 Å². The van der Waals surface area contributed by atoms with E-state index in [2.05, 4.69) is 15.1 Å². The predicted octanol–water partition coefficient (Wildman–Crippen LogP) is 2.08. The fourth-order valence-corrected chi connectivity index (χ4v) is 3.74. The van der Waals surface area contributed by atoms with Crippen LogP contribution in [0.25, 0.3) is 0 Å². The average molecular weight is 336 g/mol. The average Bonchev–Trinajstić information content (AvgIpc) is 3.15. The molecule has 2 atom stereocenters. The first kappa shape index (κ1) is 16.1. The van der Waals surface area contributed by atoms with Gasteiger partial charge in [-0.1, -0.05) is 25.9 Å². The molecule has 3 heterocycles. The molecule has 1 aliphatic heterocycles. The fraction of sp³-hybridized carbons (Fsp3) is 0.600. The topological polar surface area (TPSA) is 92.4 Å². The van der Waals surface area contributed by atoms with Crippen molar-refractivity contribution in [2.24, 2.45) is 0 Å². The van der Waals surface area contributed by atoms with E-state index in [0.717, 1.165) is 5.69 Å². The van der Waals surface area contributed by atoms with Crippen molar-refractivity contribution in [1.29, 1.82) is 0 Å². The Morgan fingerprint density at radius 2 is 2.22 bits per heavy atom. The molecule has 1 N–H and O–H groups in total. The lowest BCUT2D eigenvalue weighted by molar-refractivity contribution is 0.0695. The lowest BCUT2D eigenvalue weighted by Crippen LogP contribution is -2.33. The highest BCUT2D eigenvalue weighted by Gasteiger charge is 2.40. The van der Waals surface area contributed by atoms with Crippen LogP contribution in [0.1, 0.15) is 60.3 Å². The Bertz CT molecular complexity index is 718. The third-order valence-corrected chi connectivity index (χ3v) is 4.65. The molecule has 1 fully saturated rings. The lowest BCUT2D eigenvalue weighted by Gasteiger charge is -2.23. The summed E-state index contributed by atoms with van der Waals surface area (Å²) in [4.78, 5) is 23.8. The van der Waals surface area contributed by atoms with E-state index in [1.54, 1.807) is 17.3 Å². The summed E-state index contributed by atoms with van der Waals surface area (Å²) < 4.78 is 5.21. The summed E-state index contributed by atoms with van der Waals surface area (Å²) in [5, 5.41) is 13.8. The maximum absolute atomic E-state index is 13.0. The van der Waals surface area contributed by atoms with Crippen LogP contribution in [0.2, 0.25) is 0 Å². The molecular formula is C15H20N4O3S. The second-order valence-corrected chi connectivity index (χ2v) is 7.68. The van der Waals surface area contributed by atoms with Crippen LogP contribution >= 0.6 is 11.3 Å². The summed E-state index contributed by atoms with van der Waals surface area (Å²) in [6, 6.07) is -0.395. The summed E-state index contributed by atoms with van der Waals surface area (Å²) in [5.41, 5.74) is 2.24. The molecule has 2 aromatic rings. The second-order valence-electron chi connectivity index (χ2n) is 6.82. The first-order valence-electron chi connectivity index (χ1n) is 7.50. The van der Waals surface area contributed by atoms with Crippen LogP contribution in [0.5, 0.6) is 0 Å². The Balaban J connectivity index is 1.93. The maximum Gasteiger partial charge on any atom is 0.266 e. The minimum atomic E-state index is -0.595. The van der Waals surface area contributed by atoms with Gasteiger partial charge in [0.25, 0.3) is 5.91 Å². The fourth-order valence-electron chi connectivity index (χ4n) is 2.78. The van der Waals surface area contributed by atoms with Gasteiger partial charge in [-0.05, 0) is 6.92 Å². The third kappa shape index (κ3) is 3.00. The van der Waals surface area contributed by atoms with Crippen LogP contribution in [0.15, 0.2) is 10.0 Å². The minimum absolute atomic E-state index is 0.144. The molecule has 0 saturated carbocycles. The third-order valence-electron chi connectivity index (χ3n) is 3.84. The van der Waals surface area contributed by atoms with Crippen molar-refractivity contribution in [3.05, 3.63) is 27.8 Å². The highest BCUT2D eigenvalue weighted by atomic mass is 32.1. The molecule has 0 spiro atoms. The Labute approximate surface area is 138 Å². The Hall–Kier alpha value is -1.80. The number of aryl methyl sites for hydroxylation is 1. The van der Waals surface area contributed by atoms with E-state index >= 15 is 0 Å². The SMILES string of the molecule is Cc1noc([C@H]2C[C@@H](O)CN2C(=O)c2scnc2C(C)(C)C)n1. The van der Waals surface area contributed by atoms with E-state index in [1.165, 1.54) is 11.3 Å². The van der Waals surface area contributed by atoms with E-state index in [4.69, 9.17) is 4.52 Å². The van der Waals surface area contributed by atoms with Gasteiger partial charge in [0.1, 0.15) is 10.9 Å². The molecule has 124 valence electrons. The van der Waals surface area contributed by atoms with Crippen molar-refractivity contribution in [3.8, 4) is 0 Å². The molecule has 0 radical (unpaired) electrons. The van der Waals surface area contributed by atoms with Crippen LogP contribution < -0.4 is 0 Å². The minimum Gasteiger partial charge on any atom is -0.391 e. The van der Waals surface area contributed by atoms with Gasteiger partial charge in [-0.3, -0.25) is 4.79 Å². The van der Waals surface area contributed by atoms with Gasteiger partial charge in [0.05, 0.1) is 17.3 Å². The number of aliphatic hydroxyl groups is 1. The molecule has 0 aromatic carbocycles. The Morgan fingerprint density at radius 3 is 2.83 bits per heavy atom. The zero-order valence-electron chi connectivity index (χ0n) is 13.6. The monoisotopic (exact) mass is 336 g/mol. The highest BCUT2D eigenvalue weighted by molar-refractivity contribution is 7.11. The molecule has 8 heteroatoms. The number of rotatable bonds is 2. The van der Waals surface area contributed by atoms with Crippen molar-refractivity contribution < 1.29 is 14.4 Å². The van der Waals surface area contributed by atoms with Crippen LogP contribution in [0, 0.1) is 6.92 Å². The predicted molar refractivity (Wildman–Crippen MR) is 84.3 cm³/mol. The van der Waals surface area contributed by atoms with Crippen LogP contribution in [-0.4, -0.2) is 43.7 Å². The number of aliphatic hydroxyl groups excluding tert-OH is 1. The van der Waals surface area contributed by atoms with Crippen molar-refractivity contribution in [1.82, 2.24) is 20.0 Å². The van der Waals surface area contributed by atoms with Gasteiger partial charge < -0.3 is 14.5 Å². The highest BCUT2D eigenvalue weighted by Crippen LogP contribution is 2.35. The zero-order chi connectivity index (χ0) is 16.8. The molecular weight excluding hydrogens is 316 g/mol. The number of likely N-dealkylation sites (tertiary alicyclic amines) is 1. The lowest BCUT2D eigenvalue weighted by atomic mass is 9.91. The summed E-state index contributed by atoms with van der Waals surface area (Å²) in [6.07, 6.45) is -0.195. The number of carbonyl (C=O) groups excluding carboxylic acids is 1. The number of hydrogen-bond donors (Lipinski definition) is 1. The van der Waals surface area contributed by atoms with Gasteiger partial charge in [0.2, 0.25) is 5.89 Å². The van der Waals surface area contributed by atoms with E-state index in [-0.39, 0.29) is 17.9 Å². The maximum atomic E-state index is 13.0. The number of β-amino-alcohol motifs (C(OH)–C–C–N with tert-alkyl or cyclic N) is 1. The quantitative estimate of drug-likeness (QED) is 0.902. The molecule has 1 amide bonds. The van der Waals surface area contributed by atoms with Gasteiger partial charge in [-0.2, -0.15) is 4.98 Å². The molecule has 7 nitrogen and oxygen atoms in total. The largest absolute Gasteiger partial charge is 0.391 e. The summed E-state index contributed by atoms with van der Waals surface area (Å²) in [5.74, 6) is 0.742. The molecule has 1 aliphatic rings. The first-order chi connectivity index (χ1) is 10.8. The van der Waals surface area contributed by atoms with E-state index in [9.17, 15) is 9.90 Å². The van der Waals surface area contributed by atoms with E-state index in [0.29, 0.717) is 23.0 Å². The summed E-state index contributed by atoms with van der Waals surface area (Å²) in [6.45, 7) is 8.06.